The maximum absolute atomic E-state index is 11.9. The van der Waals surface area contributed by atoms with Gasteiger partial charge in [0, 0.05) is 32.9 Å². The van der Waals surface area contributed by atoms with E-state index >= 15 is 0 Å². The zero-order valence-electron chi connectivity index (χ0n) is 10.3. The van der Waals surface area contributed by atoms with Gasteiger partial charge in [0.25, 0.3) is 5.91 Å². The Morgan fingerprint density at radius 3 is 2.82 bits per heavy atom. The molecule has 17 heavy (non-hydrogen) atoms. The summed E-state index contributed by atoms with van der Waals surface area (Å²) in [7, 11) is 1.74. The third kappa shape index (κ3) is 4.13. The highest BCUT2D eigenvalue weighted by atomic mass is 16.5. The Labute approximate surface area is 102 Å². The molecule has 0 radical (unpaired) electrons. The molecule has 0 aromatic carbocycles. The molecule has 1 heterocycles. The van der Waals surface area contributed by atoms with Crippen molar-refractivity contribution in [3.05, 3.63) is 29.6 Å². The van der Waals surface area contributed by atoms with Crippen molar-refractivity contribution in [2.75, 3.05) is 26.8 Å². The van der Waals surface area contributed by atoms with Gasteiger partial charge in [-0.25, -0.2) is 0 Å². The summed E-state index contributed by atoms with van der Waals surface area (Å²) < 4.78 is 5.20. The molecule has 0 fully saturated rings. The normalized spacial score (nSPS) is 10.3. The van der Waals surface area contributed by atoms with Crippen LogP contribution in [0, 0.1) is 0 Å². The second-order valence-electron chi connectivity index (χ2n) is 3.68. The summed E-state index contributed by atoms with van der Waals surface area (Å²) in [4.78, 5) is 17.6. The van der Waals surface area contributed by atoms with Crippen LogP contribution in [0.5, 0.6) is 0 Å². The molecule has 1 amide bonds. The van der Waals surface area contributed by atoms with Gasteiger partial charge in [-0.3, -0.25) is 9.78 Å². The van der Waals surface area contributed by atoms with Gasteiger partial charge in [0.2, 0.25) is 0 Å². The summed E-state index contributed by atoms with van der Waals surface area (Å²) in [5, 5.41) is 0. The molecule has 0 saturated heterocycles. The molecular formula is C12H19N3O2. The molecular weight excluding hydrogens is 218 g/mol. The van der Waals surface area contributed by atoms with Crippen molar-refractivity contribution in [1.29, 1.82) is 0 Å². The monoisotopic (exact) mass is 237 g/mol. The molecule has 5 nitrogen and oxygen atoms in total. The van der Waals surface area contributed by atoms with Crippen LogP contribution in [0.3, 0.4) is 0 Å². The van der Waals surface area contributed by atoms with Crippen molar-refractivity contribution < 1.29 is 9.53 Å². The van der Waals surface area contributed by atoms with Crippen molar-refractivity contribution in [2.24, 2.45) is 5.73 Å². The number of amides is 1. The lowest BCUT2D eigenvalue weighted by atomic mass is 10.2. The number of likely N-dealkylation sites (N-methyl/N-ethyl adjacent to an activating group) is 1. The Bertz CT molecular complexity index is 351. The summed E-state index contributed by atoms with van der Waals surface area (Å²) in [6.45, 7) is 4.12. The molecule has 0 atom stereocenters. The smallest absolute Gasteiger partial charge is 0.272 e. The minimum atomic E-state index is -0.103. The summed E-state index contributed by atoms with van der Waals surface area (Å²) in [5.41, 5.74) is 6.81. The van der Waals surface area contributed by atoms with Crippen molar-refractivity contribution in [3.8, 4) is 0 Å². The first kappa shape index (κ1) is 13.6. The lowest BCUT2D eigenvalue weighted by Crippen LogP contribution is -2.30. The second-order valence-corrected chi connectivity index (χ2v) is 3.68. The number of nitrogens with two attached hydrogens (primary N) is 1. The van der Waals surface area contributed by atoms with Gasteiger partial charge in [0.05, 0.1) is 6.61 Å². The topological polar surface area (TPSA) is 68.5 Å². The molecule has 0 aliphatic heterocycles. The fourth-order valence-electron chi connectivity index (χ4n) is 1.31. The molecule has 0 aliphatic rings. The molecule has 5 heteroatoms. The molecule has 1 rings (SSSR count). The Kier molecular flexibility index (Phi) is 5.59. The largest absolute Gasteiger partial charge is 0.380 e. The molecule has 1 aromatic heterocycles. The van der Waals surface area contributed by atoms with E-state index in [0.717, 1.165) is 5.56 Å². The van der Waals surface area contributed by atoms with E-state index in [9.17, 15) is 4.79 Å². The van der Waals surface area contributed by atoms with Crippen molar-refractivity contribution in [2.45, 2.75) is 13.5 Å². The fourth-order valence-corrected chi connectivity index (χ4v) is 1.31. The van der Waals surface area contributed by atoms with Crippen LogP contribution in [-0.2, 0) is 11.3 Å². The highest BCUT2D eigenvalue weighted by molar-refractivity contribution is 5.92. The predicted octanol–water partition coefficient (Wildman–Crippen LogP) is 0.649. The Morgan fingerprint density at radius 1 is 1.53 bits per heavy atom. The third-order valence-electron chi connectivity index (χ3n) is 2.40. The molecule has 0 unspecified atom stereocenters. The van der Waals surface area contributed by atoms with Crippen molar-refractivity contribution in [3.63, 3.8) is 0 Å². The van der Waals surface area contributed by atoms with Gasteiger partial charge in [0.1, 0.15) is 5.69 Å². The molecule has 94 valence electrons. The van der Waals surface area contributed by atoms with Crippen molar-refractivity contribution in [1.82, 2.24) is 9.88 Å². The average molecular weight is 237 g/mol. The van der Waals surface area contributed by atoms with Crippen molar-refractivity contribution >= 4 is 5.91 Å². The highest BCUT2D eigenvalue weighted by Gasteiger charge is 2.12. The number of ether oxygens (including phenoxy) is 1. The minimum Gasteiger partial charge on any atom is -0.380 e. The van der Waals surface area contributed by atoms with E-state index in [2.05, 4.69) is 4.98 Å². The quantitative estimate of drug-likeness (QED) is 0.738. The predicted molar refractivity (Wildman–Crippen MR) is 65.6 cm³/mol. The van der Waals surface area contributed by atoms with Gasteiger partial charge in [-0.05, 0) is 18.6 Å². The fraction of sp³-hybridized carbons (Fsp3) is 0.500. The first-order valence-electron chi connectivity index (χ1n) is 5.67. The lowest BCUT2D eigenvalue weighted by Gasteiger charge is -2.16. The molecule has 0 spiro atoms. The standard InChI is InChI=1S/C12H19N3O2/c1-3-17-7-6-15(2)12(16)11-5-4-10(8-13)9-14-11/h4-5,9H,3,6-8,13H2,1-2H3. The second kappa shape index (κ2) is 6.98. The molecule has 0 bridgehead atoms. The van der Waals surface area contributed by atoms with Crippen LogP contribution in [0.2, 0.25) is 0 Å². The van der Waals surface area contributed by atoms with E-state index in [-0.39, 0.29) is 5.91 Å². The summed E-state index contributed by atoms with van der Waals surface area (Å²) in [6, 6.07) is 3.51. The summed E-state index contributed by atoms with van der Waals surface area (Å²) >= 11 is 0. The first-order valence-corrected chi connectivity index (χ1v) is 5.67. The van der Waals surface area contributed by atoms with Crippen LogP contribution in [0.1, 0.15) is 23.0 Å². The van der Waals surface area contributed by atoms with E-state index in [1.54, 1.807) is 24.2 Å². The zero-order chi connectivity index (χ0) is 12.7. The lowest BCUT2D eigenvalue weighted by molar-refractivity contribution is 0.0704. The van der Waals surface area contributed by atoms with Crippen LogP contribution >= 0.6 is 0 Å². The number of rotatable bonds is 6. The number of aromatic nitrogens is 1. The summed E-state index contributed by atoms with van der Waals surface area (Å²) in [6.07, 6.45) is 1.63. The average Bonchev–Trinajstić information content (AvgIpc) is 2.38. The number of carbonyl (C=O) groups is 1. The van der Waals surface area contributed by atoms with Gasteiger partial charge in [-0.1, -0.05) is 6.07 Å². The molecule has 1 aromatic rings. The van der Waals surface area contributed by atoms with Gasteiger partial charge < -0.3 is 15.4 Å². The molecule has 0 aliphatic carbocycles. The van der Waals surface area contributed by atoms with Crippen LogP contribution in [-0.4, -0.2) is 42.6 Å². The third-order valence-corrected chi connectivity index (χ3v) is 2.40. The maximum atomic E-state index is 11.9. The summed E-state index contributed by atoms with van der Waals surface area (Å²) in [5.74, 6) is -0.103. The van der Waals surface area contributed by atoms with E-state index in [0.29, 0.717) is 32.0 Å². The Morgan fingerprint density at radius 2 is 2.29 bits per heavy atom. The Balaban J connectivity index is 2.55. The SMILES string of the molecule is CCOCCN(C)C(=O)c1ccc(CN)cn1. The van der Waals surface area contributed by atoms with E-state index in [1.165, 1.54) is 0 Å². The van der Waals surface area contributed by atoms with E-state index in [4.69, 9.17) is 10.5 Å². The minimum absolute atomic E-state index is 0.103. The van der Waals surface area contributed by atoms with Crippen LogP contribution < -0.4 is 5.73 Å². The maximum Gasteiger partial charge on any atom is 0.272 e. The van der Waals surface area contributed by atoms with Crippen LogP contribution in [0.15, 0.2) is 18.3 Å². The number of pyridine rings is 1. The number of hydrogen-bond acceptors (Lipinski definition) is 4. The first-order chi connectivity index (χ1) is 8.19. The Hall–Kier alpha value is -1.46. The number of hydrogen-bond donors (Lipinski definition) is 1. The zero-order valence-corrected chi connectivity index (χ0v) is 10.3. The van der Waals surface area contributed by atoms with Gasteiger partial charge >= 0.3 is 0 Å². The molecule has 2 N–H and O–H groups in total. The van der Waals surface area contributed by atoms with Crippen LogP contribution in [0.4, 0.5) is 0 Å². The van der Waals surface area contributed by atoms with Gasteiger partial charge in [-0.2, -0.15) is 0 Å². The highest BCUT2D eigenvalue weighted by Crippen LogP contribution is 2.02. The van der Waals surface area contributed by atoms with E-state index < -0.39 is 0 Å². The number of nitrogens with zero attached hydrogens (tertiary/aromatic N) is 2. The molecule has 0 saturated carbocycles. The number of carbonyl (C=O) groups excluding carboxylic acids is 1. The van der Waals surface area contributed by atoms with Gasteiger partial charge in [-0.15, -0.1) is 0 Å². The van der Waals surface area contributed by atoms with Gasteiger partial charge in [0.15, 0.2) is 0 Å². The van der Waals surface area contributed by atoms with Crippen LogP contribution in [0.25, 0.3) is 0 Å². The van der Waals surface area contributed by atoms with E-state index in [1.807, 2.05) is 13.0 Å².